The SMILES string of the molecule is O=Cc1nonc1-c1ccncc1. The van der Waals surface area contributed by atoms with Crippen LogP contribution < -0.4 is 0 Å². The maximum absolute atomic E-state index is 10.5. The van der Waals surface area contributed by atoms with E-state index in [9.17, 15) is 4.79 Å². The third kappa shape index (κ3) is 1.31. The molecule has 5 nitrogen and oxygen atoms in total. The summed E-state index contributed by atoms with van der Waals surface area (Å²) in [6, 6.07) is 3.46. The van der Waals surface area contributed by atoms with Crippen LogP contribution >= 0.6 is 0 Å². The number of aromatic nitrogens is 3. The van der Waals surface area contributed by atoms with Gasteiger partial charge in [0, 0.05) is 18.0 Å². The molecule has 2 aromatic rings. The van der Waals surface area contributed by atoms with E-state index >= 15 is 0 Å². The Morgan fingerprint density at radius 1 is 1.23 bits per heavy atom. The van der Waals surface area contributed by atoms with Gasteiger partial charge in [0.1, 0.15) is 5.69 Å². The Morgan fingerprint density at radius 2 is 2.00 bits per heavy atom. The molecule has 0 spiro atoms. The first kappa shape index (κ1) is 7.60. The second-order valence-corrected chi connectivity index (χ2v) is 2.35. The van der Waals surface area contributed by atoms with Gasteiger partial charge in [-0.2, -0.15) is 0 Å². The lowest BCUT2D eigenvalue weighted by atomic mass is 10.2. The molecule has 0 bridgehead atoms. The second-order valence-electron chi connectivity index (χ2n) is 2.35. The van der Waals surface area contributed by atoms with E-state index in [1.54, 1.807) is 24.5 Å². The first-order valence-electron chi connectivity index (χ1n) is 3.60. The average molecular weight is 175 g/mol. The number of carbonyl (C=O) groups is 1. The summed E-state index contributed by atoms with van der Waals surface area (Å²) in [4.78, 5) is 14.3. The molecule has 0 saturated carbocycles. The van der Waals surface area contributed by atoms with E-state index in [2.05, 4.69) is 19.9 Å². The van der Waals surface area contributed by atoms with E-state index < -0.39 is 0 Å². The van der Waals surface area contributed by atoms with Crippen LogP contribution in [0.1, 0.15) is 10.5 Å². The molecule has 0 aliphatic heterocycles. The molecule has 0 aromatic carbocycles. The van der Waals surface area contributed by atoms with Crippen molar-refractivity contribution in [1.82, 2.24) is 15.3 Å². The van der Waals surface area contributed by atoms with Crippen molar-refractivity contribution in [2.45, 2.75) is 0 Å². The van der Waals surface area contributed by atoms with Gasteiger partial charge in [-0.05, 0) is 22.4 Å². The molecular weight excluding hydrogens is 170 g/mol. The van der Waals surface area contributed by atoms with Gasteiger partial charge in [-0.15, -0.1) is 0 Å². The topological polar surface area (TPSA) is 68.9 Å². The summed E-state index contributed by atoms with van der Waals surface area (Å²) in [5, 5.41) is 7.05. The number of hydrogen-bond acceptors (Lipinski definition) is 5. The Kier molecular flexibility index (Phi) is 1.84. The van der Waals surface area contributed by atoms with Crippen LogP contribution in [-0.2, 0) is 0 Å². The van der Waals surface area contributed by atoms with Crippen molar-refractivity contribution in [2.24, 2.45) is 0 Å². The molecule has 0 atom stereocenters. The van der Waals surface area contributed by atoms with Gasteiger partial charge >= 0.3 is 0 Å². The highest BCUT2D eigenvalue weighted by atomic mass is 16.6. The molecule has 5 heteroatoms. The van der Waals surface area contributed by atoms with Gasteiger partial charge in [-0.1, -0.05) is 0 Å². The molecular formula is C8H5N3O2. The quantitative estimate of drug-likeness (QED) is 0.635. The van der Waals surface area contributed by atoms with Gasteiger partial charge < -0.3 is 0 Å². The number of carbonyl (C=O) groups excluding carboxylic acids is 1. The molecule has 0 aliphatic rings. The minimum Gasteiger partial charge on any atom is -0.296 e. The van der Waals surface area contributed by atoms with Crippen LogP contribution in [0.25, 0.3) is 11.3 Å². The average Bonchev–Trinajstić information content (AvgIpc) is 2.67. The summed E-state index contributed by atoms with van der Waals surface area (Å²) in [7, 11) is 0. The standard InChI is InChI=1S/C8H5N3O2/c12-5-7-8(11-13-10-7)6-1-3-9-4-2-6/h1-5H. The molecule has 0 unspecified atom stereocenters. The zero-order chi connectivity index (χ0) is 9.10. The normalized spacial score (nSPS) is 9.85. The summed E-state index contributed by atoms with van der Waals surface area (Å²) in [5.74, 6) is 0. The lowest BCUT2D eigenvalue weighted by Gasteiger charge is -1.91. The molecule has 0 radical (unpaired) electrons. The molecule has 0 amide bonds. The van der Waals surface area contributed by atoms with Gasteiger partial charge in [0.25, 0.3) is 0 Å². The molecule has 64 valence electrons. The molecule has 0 saturated heterocycles. The third-order valence-electron chi connectivity index (χ3n) is 1.58. The van der Waals surface area contributed by atoms with Gasteiger partial charge in [0.05, 0.1) is 0 Å². The predicted octanol–water partition coefficient (Wildman–Crippen LogP) is 0.944. The fourth-order valence-corrected chi connectivity index (χ4v) is 0.983. The number of rotatable bonds is 2. The minimum atomic E-state index is 0.200. The third-order valence-corrected chi connectivity index (χ3v) is 1.58. The molecule has 2 aromatic heterocycles. The fourth-order valence-electron chi connectivity index (χ4n) is 0.983. The van der Waals surface area contributed by atoms with Crippen molar-refractivity contribution in [1.29, 1.82) is 0 Å². The molecule has 0 aliphatic carbocycles. The van der Waals surface area contributed by atoms with Crippen molar-refractivity contribution in [2.75, 3.05) is 0 Å². The summed E-state index contributed by atoms with van der Waals surface area (Å²) < 4.78 is 4.44. The summed E-state index contributed by atoms with van der Waals surface area (Å²) in [6.07, 6.45) is 3.82. The van der Waals surface area contributed by atoms with Crippen molar-refractivity contribution in [3.63, 3.8) is 0 Å². The smallest absolute Gasteiger partial charge is 0.175 e. The maximum Gasteiger partial charge on any atom is 0.175 e. The van der Waals surface area contributed by atoms with Crippen molar-refractivity contribution in [3.8, 4) is 11.3 Å². The van der Waals surface area contributed by atoms with Crippen LogP contribution in [0.2, 0.25) is 0 Å². The largest absolute Gasteiger partial charge is 0.296 e. The lowest BCUT2D eigenvalue weighted by molar-refractivity contribution is 0.111. The number of pyridine rings is 1. The van der Waals surface area contributed by atoms with Gasteiger partial charge in [-0.3, -0.25) is 9.78 Å². The van der Waals surface area contributed by atoms with Crippen LogP contribution in [0.4, 0.5) is 0 Å². The van der Waals surface area contributed by atoms with Crippen LogP contribution in [0.5, 0.6) is 0 Å². The van der Waals surface area contributed by atoms with Gasteiger partial charge in [0.2, 0.25) is 0 Å². The maximum atomic E-state index is 10.5. The first-order chi connectivity index (χ1) is 6.42. The highest BCUT2D eigenvalue weighted by Gasteiger charge is 2.10. The highest BCUT2D eigenvalue weighted by Crippen LogP contribution is 2.17. The fraction of sp³-hybridized carbons (Fsp3) is 0. The Morgan fingerprint density at radius 3 is 2.69 bits per heavy atom. The molecule has 2 rings (SSSR count). The highest BCUT2D eigenvalue weighted by molar-refractivity contribution is 5.82. The molecule has 0 N–H and O–H groups in total. The van der Waals surface area contributed by atoms with Crippen molar-refractivity contribution < 1.29 is 9.42 Å². The lowest BCUT2D eigenvalue weighted by Crippen LogP contribution is -1.85. The van der Waals surface area contributed by atoms with Crippen molar-refractivity contribution in [3.05, 3.63) is 30.2 Å². The van der Waals surface area contributed by atoms with E-state index in [0.717, 1.165) is 5.56 Å². The Hall–Kier alpha value is -2.04. The number of aldehydes is 1. The van der Waals surface area contributed by atoms with Gasteiger partial charge in [0.15, 0.2) is 12.0 Å². The minimum absolute atomic E-state index is 0.200. The van der Waals surface area contributed by atoms with Crippen LogP contribution in [0, 0.1) is 0 Å². The van der Waals surface area contributed by atoms with E-state index in [0.29, 0.717) is 12.0 Å². The first-order valence-corrected chi connectivity index (χ1v) is 3.60. The number of nitrogens with zero attached hydrogens (tertiary/aromatic N) is 3. The molecule has 2 heterocycles. The summed E-state index contributed by atoms with van der Waals surface area (Å²) >= 11 is 0. The number of hydrogen-bond donors (Lipinski definition) is 0. The Labute approximate surface area is 73.4 Å². The van der Waals surface area contributed by atoms with Crippen LogP contribution in [-0.4, -0.2) is 21.6 Å². The monoisotopic (exact) mass is 175 g/mol. The van der Waals surface area contributed by atoms with E-state index in [1.807, 2.05) is 0 Å². The molecule has 13 heavy (non-hydrogen) atoms. The summed E-state index contributed by atoms with van der Waals surface area (Å²) in [5.41, 5.74) is 1.40. The zero-order valence-corrected chi connectivity index (χ0v) is 6.54. The second kappa shape index (κ2) is 3.14. The Balaban J connectivity index is 2.52. The van der Waals surface area contributed by atoms with Gasteiger partial charge in [-0.25, -0.2) is 4.63 Å². The van der Waals surface area contributed by atoms with E-state index in [4.69, 9.17) is 0 Å². The van der Waals surface area contributed by atoms with E-state index in [-0.39, 0.29) is 5.69 Å². The van der Waals surface area contributed by atoms with E-state index in [1.165, 1.54) is 0 Å². The zero-order valence-electron chi connectivity index (χ0n) is 6.54. The van der Waals surface area contributed by atoms with Crippen molar-refractivity contribution >= 4 is 6.29 Å². The Bertz CT molecular complexity index is 410. The summed E-state index contributed by atoms with van der Waals surface area (Å²) in [6.45, 7) is 0. The van der Waals surface area contributed by atoms with Crippen LogP contribution in [0.3, 0.4) is 0 Å². The van der Waals surface area contributed by atoms with Crippen LogP contribution in [0.15, 0.2) is 29.2 Å². The predicted molar refractivity (Wildman–Crippen MR) is 42.9 cm³/mol. The molecule has 0 fully saturated rings.